The van der Waals surface area contributed by atoms with Crippen molar-refractivity contribution in [2.75, 3.05) is 11.4 Å². The molecule has 92 valence electrons. The van der Waals surface area contributed by atoms with Crippen LogP contribution < -0.4 is 10.2 Å². The molecule has 2 rings (SSSR count). The van der Waals surface area contributed by atoms with Gasteiger partial charge in [-0.25, -0.2) is 4.98 Å². The van der Waals surface area contributed by atoms with Gasteiger partial charge < -0.3 is 4.90 Å². The summed E-state index contributed by atoms with van der Waals surface area (Å²) in [4.78, 5) is 28.9. The molecule has 6 heteroatoms. The molecule has 1 atom stereocenters. The molecule has 6 nitrogen and oxygen atoms in total. The van der Waals surface area contributed by atoms with Gasteiger partial charge in [-0.15, -0.1) is 0 Å². The summed E-state index contributed by atoms with van der Waals surface area (Å²) in [5.74, 6) is -0.198. The van der Waals surface area contributed by atoms with Crippen molar-refractivity contribution < 1.29 is 9.59 Å². The normalized spacial score (nSPS) is 19.3. The fraction of sp³-hybridized carbons (Fsp3) is 0.333. The van der Waals surface area contributed by atoms with E-state index in [9.17, 15) is 9.59 Å². The number of piperazine rings is 1. The van der Waals surface area contributed by atoms with E-state index in [1.54, 1.807) is 23.1 Å². The van der Waals surface area contributed by atoms with E-state index in [1.165, 1.54) is 0 Å². The van der Waals surface area contributed by atoms with Crippen LogP contribution in [0.15, 0.2) is 18.2 Å². The number of anilines is 1. The minimum absolute atomic E-state index is 0.0755. The minimum atomic E-state index is -0.427. The molecule has 1 aromatic rings. The van der Waals surface area contributed by atoms with Crippen molar-refractivity contribution in [3.05, 3.63) is 23.9 Å². The maximum Gasteiger partial charge on any atom is 0.249 e. The molecule has 1 N–H and O–H groups in total. The molecule has 1 aliphatic heterocycles. The van der Waals surface area contributed by atoms with Gasteiger partial charge in [0.2, 0.25) is 11.8 Å². The summed E-state index contributed by atoms with van der Waals surface area (Å²) in [6.07, 6.45) is 0.567. The Balaban J connectivity index is 2.37. The highest BCUT2D eigenvalue weighted by molar-refractivity contribution is 6.04. The third-order valence-corrected chi connectivity index (χ3v) is 2.79. The summed E-state index contributed by atoms with van der Waals surface area (Å²) in [7, 11) is 0. The third-order valence-electron chi connectivity index (χ3n) is 2.79. The van der Waals surface area contributed by atoms with Crippen LogP contribution in [-0.2, 0) is 9.59 Å². The Kier molecular flexibility index (Phi) is 3.24. The third kappa shape index (κ3) is 2.15. The average Bonchev–Trinajstić information content (AvgIpc) is 2.38. The van der Waals surface area contributed by atoms with E-state index in [2.05, 4.69) is 10.3 Å². The maximum absolute atomic E-state index is 11.7. The van der Waals surface area contributed by atoms with Crippen molar-refractivity contribution in [1.82, 2.24) is 10.3 Å². The maximum atomic E-state index is 11.7. The van der Waals surface area contributed by atoms with Gasteiger partial charge in [-0.2, -0.15) is 5.26 Å². The average molecular weight is 244 g/mol. The number of amides is 2. The van der Waals surface area contributed by atoms with Gasteiger partial charge in [0.15, 0.2) is 0 Å². The lowest BCUT2D eigenvalue weighted by Crippen LogP contribution is -2.58. The van der Waals surface area contributed by atoms with Crippen LogP contribution in [0.25, 0.3) is 0 Å². The molecule has 1 saturated heterocycles. The standard InChI is InChI=1S/C12H12N4O2/c1-2-9-12(18)15-11(17)7-16(9)10-5-3-4-8(6-13)14-10/h3-5,9H,2,7H2,1H3,(H,15,17,18). The first-order chi connectivity index (χ1) is 8.65. The molecular weight excluding hydrogens is 232 g/mol. The Hall–Kier alpha value is -2.42. The van der Waals surface area contributed by atoms with E-state index in [4.69, 9.17) is 5.26 Å². The second-order valence-electron chi connectivity index (χ2n) is 3.96. The fourth-order valence-corrected chi connectivity index (χ4v) is 1.96. The molecule has 0 radical (unpaired) electrons. The molecule has 0 bridgehead atoms. The summed E-state index contributed by atoms with van der Waals surface area (Å²) in [6, 6.07) is 6.47. The smallest absolute Gasteiger partial charge is 0.249 e. The highest BCUT2D eigenvalue weighted by Gasteiger charge is 2.33. The minimum Gasteiger partial charge on any atom is -0.335 e. The van der Waals surface area contributed by atoms with Gasteiger partial charge in [0.05, 0.1) is 6.54 Å². The van der Waals surface area contributed by atoms with Crippen LogP contribution in [0.4, 0.5) is 5.82 Å². The van der Waals surface area contributed by atoms with Crippen molar-refractivity contribution in [2.45, 2.75) is 19.4 Å². The lowest BCUT2D eigenvalue weighted by Gasteiger charge is -2.34. The summed E-state index contributed by atoms with van der Waals surface area (Å²) in [5.41, 5.74) is 0.265. The zero-order valence-corrected chi connectivity index (χ0v) is 9.88. The first kappa shape index (κ1) is 12.0. The van der Waals surface area contributed by atoms with E-state index in [0.29, 0.717) is 12.2 Å². The summed E-state index contributed by atoms with van der Waals surface area (Å²) in [6.45, 7) is 1.94. The van der Waals surface area contributed by atoms with Gasteiger partial charge in [0.1, 0.15) is 23.6 Å². The van der Waals surface area contributed by atoms with E-state index < -0.39 is 6.04 Å². The van der Waals surface area contributed by atoms with Gasteiger partial charge in [-0.1, -0.05) is 13.0 Å². The molecule has 0 aromatic carbocycles. The number of hydrogen-bond acceptors (Lipinski definition) is 5. The van der Waals surface area contributed by atoms with Crippen LogP contribution in [0.3, 0.4) is 0 Å². The van der Waals surface area contributed by atoms with Crippen LogP contribution in [0.2, 0.25) is 0 Å². The molecule has 0 aliphatic carbocycles. The van der Waals surface area contributed by atoms with E-state index in [0.717, 1.165) is 0 Å². The Morgan fingerprint density at radius 3 is 3.00 bits per heavy atom. The van der Waals surface area contributed by atoms with Crippen LogP contribution in [-0.4, -0.2) is 29.4 Å². The van der Waals surface area contributed by atoms with Gasteiger partial charge in [0.25, 0.3) is 0 Å². The van der Waals surface area contributed by atoms with Crippen molar-refractivity contribution in [3.8, 4) is 6.07 Å². The Morgan fingerprint density at radius 1 is 1.56 bits per heavy atom. The van der Waals surface area contributed by atoms with Gasteiger partial charge in [0, 0.05) is 0 Å². The molecule has 1 aliphatic rings. The SMILES string of the molecule is CCC1C(=O)NC(=O)CN1c1cccc(C#N)n1. The zero-order valence-electron chi connectivity index (χ0n) is 9.88. The Morgan fingerprint density at radius 2 is 2.33 bits per heavy atom. The fourth-order valence-electron chi connectivity index (χ4n) is 1.96. The molecular formula is C12H12N4O2. The summed E-state index contributed by atoms with van der Waals surface area (Å²) < 4.78 is 0. The molecule has 2 amide bonds. The number of carbonyl (C=O) groups excluding carboxylic acids is 2. The van der Waals surface area contributed by atoms with Gasteiger partial charge >= 0.3 is 0 Å². The van der Waals surface area contributed by atoms with E-state index >= 15 is 0 Å². The summed E-state index contributed by atoms with van der Waals surface area (Å²) in [5, 5.41) is 11.1. The predicted octanol–water partition coefficient (Wildman–Crippen LogP) is 0.195. The largest absolute Gasteiger partial charge is 0.335 e. The molecule has 0 saturated carbocycles. The van der Waals surface area contributed by atoms with Gasteiger partial charge in [-0.05, 0) is 18.6 Å². The number of carbonyl (C=O) groups is 2. The molecule has 1 aromatic heterocycles. The monoisotopic (exact) mass is 244 g/mol. The number of aromatic nitrogens is 1. The van der Waals surface area contributed by atoms with Crippen LogP contribution in [0.5, 0.6) is 0 Å². The Bertz CT molecular complexity index is 535. The number of rotatable bonds is 2. The van der Waals surface area contributed by atoms with Crippen LogP contribution >= 0.6 is 0 Å². The van der Waals surface area contributed by atoms with Crippen molar-refractivity contribution >= 4 is 17.6 Å². The number of nitrogens with one attached hydrogen (secondary N) is 1. The van der Waals surface area contributed by atoms with Gasteiger partial charge in [-0.3, -0.25) is 14.9 Å². The number of pyridine rings is 1. The highest BCUT2D eigenvalue weighted by atomic mass is 16.2. The first-order valence-corrected chi connectivity index (χ1v) is 5.63. The lowest BCUT2D eigenvalue weighted by atomic mass is 10.1. The number of hydrogen-bond donors (Lipinski definition) is 1. The van der Waals surface area contributed by atoms with Crippen molar-refractivity contribution in [2.24, 2.45) is 0 Å². The number of nitriles is 1. The highest BCUT2D eigenvalue weighted by Crippen LogP contribution is 2.18. The first-order valence-electron chi connectivity index (χ1n) is 5.63. The van der Waals surface area contributed by atoms with Crippen molar-refractivity contribution in [1.29, 1.82) is 5.26 Å². The second kappa shape index (κ2) is 4.84. The molecule has 1 unspecified atom stereocenters. The molecule has 2 heterocycles. The quantitative estimate of drug-likeness (QED) is 0.751. The van der Waals surface area contributed by atoms with Crippen LogP contribution in [0.1, 0.15) is 19.0 Å². The number of nitrogens with zero attached hydrogens (tertiary/aromatic N) is 3. The Labute approximate surface area is 104 Å². The second-order valence-corrected chi connectivity index (χ2v) is 3.96. The molecule has 1 fully saturated rings. The number of imide groups is 1. The molecule has 18 heavy (non-hydrogen) atoms. The predicted molar refractivity (Wildman–Crippen MR) is 63.5 cm³/mol. The summed E-state index contributed by atoms with van der Waals surface area (Å²) >= 11 is 0. The zero-order chi connectivity index (χ0) is 13.1. The van der Waals surface area contributed by atoms with Crippen LogP contribution in [0, 0.1) is 11.3 Å². The van der Waals surface area contributed by atoms with E-state index in [-0.39, 0.29) is 24.1 Å². The van der Waals surface area contributed by atoms with Crippen molar-refractivity contribution in [3.63, 3.8) is 0 Å². The van der Waals surface area contributed by atoms with E-state index in [1.807, 2.05) is 13.0 Å². The molecule has 0 spiro atoms. The topological polar surface area (TPSA) is 86.1 Å². The lowest BCUT2D eigenvalue weighted by molar-refractivity contribution is -0.132.